The third-order valence-corrected chi connectivity index (χ3v) is 3.37. The predicted octanol–water partition coefficient (Wildman–Crippen LogP) is 2.88. The van der Waals surface area contributed by atoms with Crippen molar-refractivity contribution in [2.45, 2.75) is 39.0 Å². The fraction of sp³-hybridized carbons (Fsp3) is 0.500. The number of rotatable bonds is 3. The van der Waals surface area contributed by atoms with Crippen molar-refractivity contribution in [2.75, 3.05) is 6.54 Å². The van der Waals surface area contributed by atoms with Crippen molar-refractivity contribution in [1.29, 1.82) is 0 Å². The smallest absolute Gasteiger partial charge is 0.251 e. The molecule has 1 amide bonds. The van der Waals surface area contributed by atoms with Crippen LogP contribution in [0, 0.1) is 0 Å². The van der Waals surface area contributed by atoms with E-state index in [1.807, 2.05) is 12.1 Å². The molecule has 1 aliphatic heterocycles. The van der Waals surface area contributed by atoms with Crippen molar-refractivity contribution in [3.8, 4) is 0 Å². The number of amides is 1. The fourth-order valence-electron chi connectivity index (χ4n) is 2.54. The minimum Gasteiger partial charge on any atom is -0.352 e. The van der Waals surface area contributed by atoms with E-state index < -0.39 is 0 Å². The van der Waals surface area contributed by atoms with Crippen LogP contribution in [0.15, 0.2) is 18.2 Å². The summed E-state index contributed by atoms with van der Waals surface area (Å²) in [6.45, 7) is 5.24. The summed E-state index contributed by atoms with van der Waals surface area (Å²) in [4.78, 5) is 11.7. The highest BCUT2D eigenvalue weighted by molar-refractivity contribution is 5.97. The van der Waals surface area contributed by atoms with Crippen molar-refractivity contribution < 1.29 is 4.79 Å². The number of fused-ring (bicyclic) bond motifs is 1. The molecule has 0 bridgehead atoms. The molecule has 0 spiro atoms. The van der Waals surface area contributed by atoms with Gasteiger partial charge >= 0.3 is 0 Å². The Labute approximate surface area is 97.1 Å². The standard InChI is InChI=1S/C14H19NO/c1-3-5-10(2)11-6-4-7-13-12(11)8-9-15-14(13)16/h4,6-7,10H,3,5,8-9H2,1-2H3,(H,15,16). The van der Waals surface area contributed by atoms with Crippen LogP contribution in [0.25, 0.3) is 0 Å². The molecule has 0 saturated carbocycles. The highest BCUT2D eigenvalue weighted by atomic mass is 16.1. The topological polar surface area (TPSA) is 29.1 Å². The Bertz CT molecular complexity index is 398. The molecular formula is C14H19NO. The van der Waals surface area contributed by atoms with Crippen molar-refractivity contribution in [3.63, 3.8) is 0 Å². The zero-order valence-electron chi connectivity index (χ0n) is 10.0. The first-order chi connectivity index (χ1) is 7.74. The van der Waals surface area contributed by atoms with Gasteiger partial charge in [0.1, 0.15) is 0 Å². The van der Waals surface area contributed by atoms with Gasteiger partial charge in [-0.3, -0.25) is 4.79 Å². The highest BCUT2D eigenvalue weighted by Gasteiger charge is 2.20. The Morgan fingerprint density at radius 2 is 2.25 bits per heavy atom. The van der Waals surface area contributed by atoms with Gasteiger partial charge in [-0.25, -0.2) is 0 Å². The van der Waals surface area contributed by atoms with E-state index in [9.17, 15) is 4.79 Å². The van der Waals surface area contributed by atoms with Gasteiger partial charge in [0.05, 0.1) is 0 Å². The molecule has 2 nitrogen and oxygen atoms in total. The van der Waals surface area contributed by atoms with Crippen LogP contribution in [0.1, 0.15) is 54.1 Å². The minimum absolute atomic E-state index is 0.0896. The summed E-state index contributed by atoms with van der Waals surface area (Å²) in [5, 5.41) is 2.90. The maximum atomic E-state index is 11.7. The average Bonchev–Trinajstić information content (AvgIpc) is 2.29. The summed E-state index contributed by atoms with van der Waals surface area (Å²) >= 11 is 0. The first-order valence-electron chi connectivity index (χ1n) is 6.14. The molecular weight excluding hydrogens is 198 g/mol. The summed E-state index contributed by atoms with van der Waals surface area (Å²) < 4.78 is 0. The maximum Gasteiger partial charge on any atom is 0.251 e. The van der Waals surface area contributed by atoms with E-state index >= 15 is 0 Å². The predicted molar refractivity (Wildman–Crippen MR) is 65.8 cm³/mol. The van der Waals surface area contributed by atoms with Crippen LogP contribution in [0.5, 0.6) is 0 Å². The molecule has 1 N–H and O–H groups in total. The van der Waals surface area contributed by atoms with Gasteiger partial charge in [-0.05, 0) is 36.0 Å². The van der Waals surface area contributed by atoms with Crippen LogP contribution in [0.4, 0.5) is 0 Å². The normalized spacial score (nSPS) is 16.5. The molecule has 0 saturated heterocycles. The minimum atomic E-state index is 0.0896. The maximum absolute atomic E-state index is 11.7. The third-order valence-electron chi connectivity index (χ3n) is 3.37. The zero-order valence-corrected chi connectivity index (χ0v) is 10.0. The monoisotopic (exact) mass is 217 g/mol. The van der Waals surface area contributed by atoms with Gasteiger partial charge in [0, 0.05) is 12.1 Å². The Balaban J connectivity index is 2.39. The lowest BCUT2D eigenvalue weighted by Gasteiger charge is -2.22. The van der Waals surface area contributed by atoms with E-state index in [2.05, 4.69) is 25.2 Å². The Morgan fingerprint density at radius 1 is 1.44 bits per heavy atom. The molecule has 2 rings (SSSR count). The molecule has 0 aromatic heterocycles. The highest BCUT2D eigenvalue weighted by Crippen LogP contribution is 2.28. The van der Waals surface area contributed by atoms with Gasteiger partial charge in [0.2, 0.25) is 0 Å². The van der Waals surface area contributed by atoms with Crippen molar-refractivity contribution >= 4 is 5.91 Å². The fourth-order valence-corrected chi connectivity index (χ4v) is 2.54. The van der Waals surface area contributed by atoms with Gasteiger partial charge in [0.25, 0.3) is 5.91 Å². The third kappa shape index (κ3) is 1.97. The van der Waals surface area contributed by atoms with E-state index in [0.717, 1.165) is 18.5 Å². The molecule has 2 heteroatoms. The number of carbonyl (C=O) groups is 1. The lowest BCUT2D eigenvalue weighted by Crippen LogP contribution is -2.32. The van der Waals surface area contributed by atoms with E-state index in [4.69, 9.17) is 0 Å². The quantitative estimate of drug-likeness (QED) is 0.828. The van der Waals surface area contributed by atoms with Gasteiger partial charge in [-0.15, -0.1) is 0 Å². The molecule has 1 aromatic carbocycles. The number of hydrogen-bond acceptors (Lipinski definition) is 1. The van der Waals surface area contributed by atoms with Crippen LogP contribution in [0.3, 0.4) is 0 Å². The summed E-state index contributed by atoms with van der Waals surface area (Å²) in [5.41, 5.74) is 3.52. The van der Waals surface area contributed by atoms with Crippen LogP contribution in [-0.2, 0) is 6.42 Å². The molecule has 1 atom stereocenters. The number of nitrogens with one attached hydrogen (secondary N) is 1. The van der Waals surface area contributed by atoms with Crippen LogP contribution >= 0.6 is 0 Å². The van der Waals surface area contributed by atoms with Gasteiger partial charge in [-0.1, -0.05) is 32.4 Å². The molecule has 16 heavy (non-hydrogen) atoms. The number of benzene rings is 1. The summed E-state index contributed by atoms with van der Waals surface area (Å²) in [7, 11) is 0. The molecule has 1 unspecified atom stereocenters. The van der Waals surface area contributed by atoms with Crippen molar-refractivity contribution in [3.05, 3.63) is 34.9 Å². The first-order valence-corrected chi connectivity index (χ1v) is 6.14. The van der Waals surface area contributed by atoms with Crippen LogP contribution in [0.2, 0.25) is 0 Å². The summed E-state index contributed by atoms with van der Waals surface area (Å²) in [6, 6.07) is 6.12. The molecule has 0 fully saturated rings. The van der Waals surface area contributed by atoms with Gasteiger partial charge in [-0.2, -0.15) is 0 Å². The van der Waals surface area contributed by atoms with Crippen LogP contribution in [-0.4, -0.2) is 12.5 Å². The second-order valence-corrected chi connectivity index (χ2v) is 4.57. The van der Waals surface area contributed by atoms with Gasteiger partial charge < -0.3 is 5.32 Å². The molecule has 1 heterocycles. The van der Waals surface area contributed by atoms with E-state index in [-0.39, 0.29) is 5.91 Å². The molecule has 86 valence electrons. The lowest BCUT2D eigenvalue weighted by molar-refractivity contribution is 0.0945. The Kier molecular flexibility index (Phi) is 3.28. The van der Waals surface area contributed by atoms with Crippen molar-refractivity contribution in [2.24, 2.45) is 0 Å². The molecule has 0 aliphatic carbocycles. The first kappa shape index (κ1) is 11.2. The Morgan fingerprint density at radius 3 is 3.00 bits per heavy atom. The average molecular weight is 217 g/mol. The lowest BCUT2D eigenvalue weighted by atomic mass is 9.86. The number of hydrogen-bond donors (Lipinski definition) is 1. The molecule has 1 aromatic rings. The zero-order chi connectivity index (χ0) is 11.5. The molecule has 0 radical (unpaired) electrons. The molecule has 1 aliphatic rings. The second kappa shape index (κ2) is 4.69. The largest absolute Gasteiger partial charge is 0.352 e. The van der Waals surface area contributed by atoms with Crippen molar-refractivity contribution in [1.82, 2.24) is 5.32 Å². The van der Waals surface area contributed by atoms with E-state index in [1.165, 1.54) is 24.0 Å². The summed E-state index contributed by atoms with van der Waals surface area (Å²) in [6.07, 6.45) is 3.36. The van der Waals surface area contributed by atoms with Crippen LogP contribution < -0.4 is 5.32 Å². The second-order valence-electron chi connectivity index (χ2n) is 4.57. The Hall–Kier alpha value is -1.31. The van der Waals surface area contributed by atoms with E-state index in [1.54, 1.807) is 0 Å². The van der Waals surface area contributed by atoms with E-state index in [0.29, 0.717) is 5.92 Å². The SMILES string of the molecule is CCCC(C)c1cccc2c1CCNC2=O. The number of carbonyl (C=O) groups excluding carboxylic acids is 1. The van der Waals surface area contributed by atoms with Gasteiger partial charge in [0.15, 0.2) is 0 Å². The summed E-state index contributed by atoms with van der Waals surface area (Å²) in [5.74, 6) is 0.651.